The molecule has 1 aromatic carbocycles. The Kier molecular flexibility index (Phi) is 5.10. The van der Waals surface area contributed by atoms with Gasteiger partial charge in [0.1, 0.15) is 11.5 Å². The minimum absolute atomic E-state index is 0.215. The molecule has 29 heavy (non-hydrogen) atoms. The summed E-state index contributed by atoms with van der Waals surface area (Å²) in [4.78, 5) is 24.9. The molecule has 0 bridgehead atoms. The molecule has 1 amide bonds. The molecule has 9 nitrogen and oxygen atoms in total. The fourth-order valence-corrected chi connectivity index (χ4v) is 2.68. The molecule has 0 unspecified atom stereocenters. The lowest BCUT2D eigenvalue weighted by atomic mass is 10.2. The van der Waals surface area contributed by atoms with Crippen molar-refractivity contribution in [2.24, 2.45) is 0 Å². The number of nitrogens with one attached hydrogen (secondary N) is 2. The highest BCUT2D eigenvalue weighted by Crippen LogP contribution is 2.17. The van der Waals surface area contributed by atoms with E-state index in [2.05, 4.69) is 30.7 Å². The zero-order valence-electron chi connectivity index (χ0n) is 15.4. The number of pyridine rings is 1. The van der Waals surface area contributed by atoms with Crippen LogP contribution in [0.25, 0.3) is 5.82 Å². The number of hydrogen-bond donors (Lipinski definition) is 3. The van der Waals surface area contributed by atoms with Gasteiger partial charge < -0.3 is 16.4 Å². The molecular formula is C20H18N8O. The summed E-state index contributed by atoms with van der Waals surface area (Å²) in [6, 6.07) is 13.0. The summed E-state index contributed by atoms with van der Waals surface area (Å²) < 4.78 is 1.57. The Labute approximate surface area is 166 Å². The second kappa shape index (κ2) is 8.17. The number of nitrogen functional groups attached to an aromatic ring is 1. The number of nitrogens with zero attached hydrogens (tertiary/aromatic N) is 5. The Bertz CT molecular complexity index is 1110. The molecule has 0 spiro atoms. The SMILES string of the molecule is Nc1ncccc1NCc1cccc(NC(=O)c2cnc(-n3cccn3)cn2)c1. The minimum atomic E-state index is -0.342. The van der Waals surface area contributed by atoms with Crippen molar-refractivity contribution in [1.82, 2.24) is 24.7 Å². The summed E-state index contributed by atoms with van der Waals surface area (Å²) in [5, 5.41) is 10.1. The van der Waals surface area contributed by atoms with Gasteiger partial charge in [-0.15, -0.1) is 0 Å². The molecule has 144 valence electrons. The van der Waals surface area contributed by atoms with Crippen molar-refractivity contribution in [3.8, 4) is 5.82 Å². The smallest absolute Gasteiger partial charge is 0.275 e. The molecule has 3 heterocycles. The highest BCUT2D eigenvalue weighted by atomic mass is 16.1. The van der Waals surface area contributed by atoms with Crippen LogP contribution in [0.3, 0.4) is 0 Å². The Morgan fingerprint density at radius 2 is 1.97 bits per heavy atom. The van der Waals surface area contributed by atoms with Crippen molar-refractivity contribution in [2.75, 3.05) is 16.4 Å². The Morgan fingerprint density at radius 1 is 1.03 bits per heavy atom. The summed E-state index contributed by atoms with van der Waals surface area (Å²) in [7, 11) is 0. The highest BCUT2D eigenvalue weighted by Gasteiger charge is 2.10. The maximum atomic E-state index is 12.5. The van der Waals surface area contributed by atoms with Crippen LogP contribution in [0.1, 0.15) is 16.1 Å². The van der Waals surface area contributed by atoms with Crippen LogP contribution in [0, 0.1) is 0 Å². The molecule has 0 radical (unpaired) electrons. The van der Waals surface area contributed by atoms with E-state index in [-0.39, 0.29) is 11.6 Å². The Hall–Kier alpha value is -4.27. The van der Waals surface area contributed by atoms with E-state index in [1.54, 1.807) is 29.3 Å². The van der Waals surface area contributed by atoms with E-state index in [0.29, 0.717) is 23.9 Å². The topological polar surface area (TPSA) is 124 Å². The van der Waals surface area contributed by atoms with Gasteiger partial charge in [-0.2, -0.15) is 5.10 Å². The number of amides is 1. The predicted octanol–water partition coefficient (Wildman–Crippen LogP) is 2.50. The van der Waals surface area contributed by atoms with E-state index in [0.717, 1.165) is 11.3 Å². The lowest BCUT2D eigenvalue weighted by Crippen LogP contribution is -2.15. The van der Waals surface area contributed by atoms with E-state index in [4.69, 9.17) is 5.73 Å². The summed E-state index contributed by atoms with van der Waals surface area (Å²) in [6.45, 7) is 0.540. The number of carbonyl (C=O) groups excluding carboxylic acids is 1. The zero-order chi connectivity index (χ0) is 20.1. The van der Waals surface area contributed by atoms with E-state index in [9.17, 15) is 4.79 Å². The molecule has 0 atom stereocenters. The highest BCUT2D eigenvalue weighted by molar-refractivity contribution is 6.02. The number of anilines is 3. The summed E-state index contributed by atoms with van der Waals surface area (Å²) in [5.41, 5.74) is 8.45. The van der Waals surface area contributed by atoms with Gasteiger partial charge in [-0.25, -0.2) is 19.6 Å². The van der Waals surface area contributed by atoms with Crippen LogP contribution < -0.4 is 16.4 Å². The van der Waals surface area contributed by atoms with Crippen LogP contribution >= 0.6 is 0 Å². The molecule has 0 saturated heterocycles. The monoisotopic (exact) mass is 386 g/mol. The molecular weight excluding hydrogens is 368 g/mol. The maximum absolute atomic E-state index is 12.5. The first-order valence-electron chi connectivity index (χ1n) is 8.86. The molecule has 4 rings (SSSR count). The molecule has 0 fully saturated rings. The molecule has 0 saturated carbocycles. The molecule has 4 N–H and O–H groups in total. The van der Waals surface area contributed by atoms with Gasteiger partial charge >= 0.3 is 0 Å². The van der Waals surface area contributed by atoms with Crippen molar-refractivity contribution >= 4 is 23.1 Å². The second-order valence-corrected chi connectivity index (χ2v) is 6.15. The van der Waals surface area contributed by atoms with Gasteiger partial charge in [0.2, 0.25) is 0 Å². The van der Waals surface area contributed by atoms with E-state index in [1.165, 1.54) is 12.4 Å². The largest absolute Gasteiger partial charge is 0.382 e. The molecule has 0 aliphatic carbocycles. The molecule has 3 aromatic heterocycles. The Morgan fingerprint density at radius 3 is 2.72 bits per heavy atom. The fraction of sp³-hybridized carbons (Fsp3) is 0.0500. The average Bonchev–Trinajstić information content (AvgIpc) is 3.28. The van der Waals surface area contributed by atoms with Crippen LogP contribution in [0.4, 0.5) is 17.2 Å². The average molecular weight is 386 g/mol. The maximum Gasteiger partial charge on any atom is 0.275 e. The van der Waals surface area contributed by atoms with Gasteiger partial charge in [0.25, 0.3) is 5.91 Å². The first-order valence-corrected chi connectivity index (χ1v) is 8.86. The van der Waals surface area contributed by atoms with Gasteiger partial charge in [0, 0.05) is 30.8 Å². The predicted molar refractivity (Wildman–Crippen MR) is 110 cm³/mol. The van der Waals surface area contributed by atoms with Crippen molar-refractivity contribution in [2.45, 2.75) is 6.54 Å². The summed E-state index contributed by atoms with van der Waals surface area (Å²) in [6.07, 6.45) is 7.96. The van der Waals surface area contributed by atoms with Crippen LogP contribution in [0.2, 0.25) is 0 Å². The number of hydrogen-bond acceptors (Lipinski definition) is 7. The van der Waals surface area contributed by atoms with Gasteiger partial charge in [0.05, 0.1) is 18.1 Å². The van der Waals surface area contributed by atoms with Crippen molar-refractivity contribution in [3.63, 3.8) is 0 Å². The first kappa shape index (κ1) is 18.1. The third kappa shape index (κ3) is 4.35. The van der Waals surface area contributed by atoms with Crippen LogP contribution in [0.15, 0.2) is 73.4 Å². The fourth-order valence-electron chi connectivity index (χ4n) is 2.68. The van der Waals surface area contributed by atoms with Crippen molar-refractivity contribution in [1.29, 1.82) is 0 Å². The molecule has 0 aliphatic rings. The van der Waals surface area contributed by atoms with Crippen molar-refractivity contribution < 1.29 is 4.79 Å². The summed E-state index contributed by atoms with van der Waals surface area (Å²) >= 11 is 0. The number of aromatic nitrogens is 5. The molecule has 0 aliphatic heterocycles. The second-order valence-electron chi connectivity index (χ2n) is 6.15. The van der Waals surface area contributed by atoms with Crippen LogP contribution in [-0.2, 0) is 6.54 Å². The zero-order valence-corrected chi connectivity index (χ0v) is 15.4. The normalized spacial score (nSPS) is 10.5. The summed E-state index contributed by atoms with van der Waals surface area (Å²) in [5.74, 6) is 0.634. The molecule has 4 aromatic rings. The first-order chi connectivity index (χ1) is 14.2. The van der Waals surface area contributed by atoms with Crippen LogP contribution in [-0.4, -0.2) is 30.6 Å². The van der Waals surface area contributed by atoms with Gasteiger partial charge in [0.15, 0.2) is 5.82 Å². The quantitative estimate of drug-likeness (QED) is 0.465. The van der Waals surface area contributed by atoms with Gasteiger partial charge in [-0.3, -0.25) is 4.79 Å². The van der Waals surface area contributed by atoms with Gasteiger partial charge in [-0.05, 0) is 35.9 Å². The minimum Gasteiger partial charge on any atom is -0.382 e. The third-order valence-corrected chi connectivity index (χ3v) is 4.12. The lowest BCUT2D eigenvalue weighted by Gasteiger charge is -2.10. The van der Waals surface area contributed by atoms with E-state index >= 15 is 0 Å². The van der Waals surface area contributed by atoms with Crippen molar-refractivity contribution in [3.05, 3.63) is 84.7 Å². The standard InChI is InChI=1S/C20H18N8O/c21-19-16(6-2-7-22-19)23-11-14-4-1-5-15(10-14)27-20(29)17-12-25-18(13-24-17)28-9-3-8-26-28/h1-10,12-13,23H,11H2,(H2,21,22)(H,27,29). The van der Waals surface area contributed by atoms with Crippen LogP contribution in [0.5, 0.6) is 0 Å². The lowest BCUT2D eigenvalue weighted by molar-refractivity contribution is 0.102. The number of benzene rings is 1. The Balaban J connectivity index is 1.41. The number of nitrogens with two attached hydrogens (primary N) is 1. The van der Waals surface area contributed by atoms with Gasteiger partial charge in [-0.1, -0.05) is 12.1 Å². The number of rotatable bonds is 6. The van der Waals surface area contributed by atoms with E-state index in [1.807, 2.05) is 36.4 Å². The van der Waals surface area contributed by atoms with E-state index < -0.39 is 0 Å². The molecule has 9 heteroatoms. The number of carbonyl (C=O) groups is 1. The third-order valence-electron chi connectivity index (χ3n) is 4.12.